The summed E-state index contributed by atoms with van der Waals surface area (Å²) in [7, 11) is 0. The SMILES string of the molecule is O=C([O-])C1=CCSC2CCN12.[Na+]. The van der Waals surface area contributed by atoms with Gasteiger partial charge in [-0.15, -0.1) is 11.8 Å². The Bertz CT molecular complexity index is 231. The van der Waals surface area contributed by atoms with E-state index < -0.39 is 5.97 Å². The van der Waals surface area contributed by atoms with E-state index in [4.69, 9.17) is 0 Å². The van der Waals surface area contributed by atoms with Crippen molar-refractivity contribution in [1.82, 2.24) is 4.90 Å². The summed E-state index contributed by atoms with van der Waals surface area (Å²) in [5.74, 6) is -0.222. The second-order valence-electron chi connectivity index (χ2n) is 2.65. The molecule has 0 bridgehead atoms. The molecule has 2 aliphatic rings. The molecular weight excluding hydrogens is 185 g/mol. The normalized spacial score (nSPS) is 26.2. The molecule has 12 heavy (non-hydrogen) atoms. The van der Waals surface area contributed by atoms with Crippen molar-refractivity contribution >= 4 is 17.7 Å². The molecule has 0 amide bonds. The number of carboxylic acids is 1. The number of carbonyl (C=O) groups excluding carboxylic acids is 1. The van der Waals surface area contributed by atoms with Crippen LogP contribution in [0, 0.1) is 0 Å². The van der Waals surface area contributed by atoms with E-state index >= 15 is 0 Å². The van der Waals surface area contributed by atoms with Crippen molar-refractivity contribution in [1.29, 1.82) is 0 Å². The van der Waals surface area contributed by atoms with E-state index in [0.29, 0.717) is 11.1 Å². The van der Waals surface area contributed by atoms with Crippen molar-refractivity contribution in [3.8, 4) is 0 Å². The van der Waals surface area contributed by atoms with Crippen molar-refractivity contribution in [3.05, 3.63) is 11.8 Å². The molecule has 1 unspecified atom stereocenters. The Morgan fingerprint density at radius 3 is 2.92 bits per heavy atom. The van der Waals surface area contributed by atoms with E-state index in [-0.39, 0.29) is 29.6 Å². The van der Waals surface area contributed by atoms with Crippen molar-refractivity contribution in [2.45, 2.75) is 11.8 Å². The van der Waals surface area contributed by atoms with Gasteiger partial charge in [0.25, 0.3) is 0 Å². The van der Waals surface area contributed by atoms with Crippen LogP contribution in [0.1, 0.15) is 6.42 Å². The van der Waals surface area contributed by atoms with Crippen molar-refractivity contribution in [2.75, 3.05) is 12.3 Å². The fourth-order valence-electron chi connectivity index (χ4n) is 1.37. The number of thioether (sulfide) groups is 1. The van der Waals surface area contributed by atoms with Crippen LogP contribution in [0.4, 0.5) is 0 Å². The third-order valence-electron chi connectivity index (χ3n) is 2.05. The fraction of sp³-hybridized carbons (Fsp3) is 0.571. The van der Waals surface area contributed by atoms with Gasteiger partial charge in [-0.05, 0) is 12.5 Å². The predicted octanol–water partition coefficient (Wildman–Crippen LogP) is -3.60. The zero-order valence-electron chi connectivity index (χ0n) is 6.95. The second-order valence-corrected chi connectivity index (χ2v) is 3.86. The van der Waals surface area contributed by atoms with E-state index in [1.165, 1.54) is 0 Å². The van der Waals surface area contributed by atoms with Crippen LogP contribution in [0.2, 0.25) is 0 Å². The summed E-state index contributed by atoms with van der Waals surface area (Å²) >= 11 is 1.79. The molecule has 2 heterocycles. The summed E-state index contributed by atoms with van der Waals surface area (Å²) in [6.45, 7) is 0.872. The maximum absolute atomic E-state index is 10.5. The second kappa shape index (κ2) is 4.05. The molecule has 0 aliphatic carbocycles. The molecule has 0 aromatic carbocycles. The molecule has 1 saturated heterocycles. The maximum Gasteiger partial charge on any atom is 1.00 e. The fourth-order valence-corrected chi connectivity index (χ4v) is 2.52. The van der Waals surface area contributed by atoms with E-state index in [1.54, 1.807) is 17.8 Å². The van der Waals surface area contributed by atoms with Crippen LogP contribution in [-0.2, 0) is 4.79 Å². The number of nitrogens with zero attached hydrogens (tertiary/aromatic N) is 1. The first-order chi connectivity index (χ1) is 5.29. The minimum Gasteiger partial charge on any atom is -0.543 e. The monoisotopic (exact) mass is 193 g/mol. The predicted molar refractivity (Wildman–Crippen MR) is 40.7 cm³/mol. The average Bonchev–Trinajstić information content (AvgIpc) is 1.90. The molecule has 5 heteroatoms. The van der Waals surface area contributed by atoms with Crippen molar-refractivity contribution in [3.63, 3.8) is 0 Å². The van der Waals surface area contributed by atoms with Gasteiger partial charge in [-0.2, -0.15) is 0 Å². The molecule has 0 saturated carbocycles. The van der Waals surface area contributed by atoms with Crippen LogP contribution < -0.4 is 34.7 Å². The Balaban J connectivity index is 0.000000720. The van der Waals surface area contributed by atoms with Gasteiger partial charge in [0.05, 0.1) is 17.0 Å². The first-order valence-electron chi connectivity index (χ1n) is 3.59. The zero-order chi connectivity index (χ0) is 7.84. The van der Waals surface area contributed by atoms with E-state index in [0.717, 1.165) is 18.7 Å². The molecular formula is C7H8NNaO2S. The molecule has 2 aliphatic heterocycles. The summed E-state index contributed by atoms with van der Waals surface area (Å²) in [6, 6.07) is 0. The summed E-state index contributed by atoms with van der Waals surface area (Å²) < 4.78 is 0. The summed E-state index contributed by atoms with van der Waals surface area (Å²) in [5.41, 5.74) is 0.389. The number of fused-ring (bicyclic) bond motifs is 1. The number of carbonyl (C=O) groups is 1. The van der Waals surface area contributed by atoms with Gasteiger partial charge in [0, 0.05) is 12.3 Å². The smallest absolute Gasteiger partial charge is 0.543 e. The summed E-state index contributed by atoms with van der Waals surface area (Å²) in [6.07, 6.45) is 2.84. The van der Waals surface area contributed by atoms with Gasteiger partial charge in [0.15, 0.2) is 0 Å². The molecule has 0 N–H and O–H groups in total. The van der Waals surface area contributed by atoms with Crippen LogP contribution in [0.15, 0.2) is 11.8 Å². The summed E-state index contributed by atoms with van der Waals surface area (Å²) in [5, 5.41) is 10.9. The number of rotatable bonds is 1. The van der Waals surface area contributed by atoms with Crippen LogP contribution in [0.5, 0.6) is 0 Å². The van der Waals surface area contributed by atoms with E-state index in [2.05, 4.69) is 0 Å². The first-order valence-corrected chi connectivity index (χ1v) is 4.63. The largest absolute Gasteiger partial charge is 1.00 e. The average molecular weight is 193 g/mol. The number of hydrogen-bond donors (Lipinski definition) is 0. The Morgan fingerprint density at radius 1 is 1.75 bits per heavy atom. The Kier molecular flexibility index (Phi) is 3.52. The molecule has 60 valence electrons. The van der Waals surface area contributed by atoms with Gasteiger partial charge in [-0.3, -0.25) is 0 Å². The van der Waals surface area contributed by atoms with Gasteiger partial charge in [0.1, 0.15) is 0 Å². The molecule has 0 spiro atoms. The number of aliphatic carboxylic acids is 1. The molecule has 0 radical (unpaired) electrons. The molecule has 3 nitrogen and oxygen atoms in total. The topological polar surface area (TPSA) is 43.4 Å². The standard InChI is InChI=1S/C7H9NO2S.Na/c9-7(10)5-2-4-11-6-1-3-8(5)6;/h2,6H,1,3-4H2,(H,9,10);/q;+1/p-1. The van der Waals surface area contributed by atoms with E-state index in [9.17, 15) is 9.90 Å². The van der Waals surface area contributed by atoms with Gasteiger partial charge in [-0.25, -0.2) is 0 Å². The third kappa shape index (κ3) is 1.66. The Morgan fingerprint density at radius 2 is 2.50 bits per heavy atom. The molecule has 0 aromatic rings. The molecule has 2 rings (SSSR count). The summed E-state index contributed by atoms with van der Waals surface area (Å²) in [4.78, 5) is 12.4. The van der Waals surface area contributed by atoms with Crippen molar-refractivity contribution in [2.24, 2.45) is 0 Å². The quantitative estimate of drug-likeness (QED) is 0.404. The molecule has 1 atom stereocenters. The maximum atomic E-state index is 10.5. The van der Waals surface area contributed by atoms with Gasteiger partial charge < -0.3 is 14.8 Å². The van der Waals surface area contributed by atoms with Crippen LogP contribution in [0.3, 0.4) is 0 Å². The van der Waals surface area contributed by atoms with Gasteiger partial charge >= 0.3 is 29.6 Å². The van der Waals surface area contributed by atoms with Crippen molar-refractivity contribution < 1.29 is 39.5 Å². The van der Waals surface area contributed by atoms with Crippen LogP contribution in [-0.4, -0.2) is 28.5 Å². The van der Waals surface area contributed by atoms with Crippen LogP contribution >= 0.6 is 11.8 Å². The Hall–Kier alpha value is 0.360. The third-order valence-corrected chi connectivity index (χ3v) is 3.28. The first kappa shape index (κ1) is 10.4. The zero-order valence-corrected chi connectivity index (χ0v) is 9.76. The minimum atomic E-state index is -1.03. The van der Waals surface area contributed by atoms with Crippen LogP contribution in [0.25, 0.3) is 0 Å². The number of carboxylic acid groups (broad SMARTS) is 1. The van der Waals surface area contributed by atoms with E-state index in [1.807, 2.05) is 4.90 Å². The molecule has 1 fully saturated rings. The minimum absolute atomic E-state index is 0. The van der Waals surface area contributed by atoms with Gasteiger partial charge in [-0.1, -0.05) is 0 Å². The number of hydrogen-bond acceptors (Lipinski definition) is 4. The Labute approximate surface area is 97.5 Å². The molecule has 0 aromatic heterocycles. The van der Waals surface area contributed by atoms with Gasteiger partial charge in [0.2, 0.25) is 0 Å².